The summed E-state index contributed by atoms with van der Waals surface area (Å²) in [5.41, 5.74) is 5.48. The molecule has 0 aliphatic carbocycles. The van der Waals surface area contributed by atoms with Crippen LogP contribution in [-0.2, 0) is 9.59 Å². The third-order valence-electron chi connectivity index (χ3n) is 2.95. The van der Waals surface area contributed by atoms with Crippen LogP contribution < -0.4 is 15.8 Å². The summed E-state index contributed by atoms with van der Waals surface area (Å²) in [6.07, 6.45) is 0. The predicted octanol–water partition coefficient (Wildman–Crippen LogP) is -0.0128. The van der Waals surface area contributed by atoms with Crippen molar-refractivity contribution >= 4 is 11.8 Å². The molecular formula is C14H21N3O3. The molecule has 0 aliphatic rings. The lowest BCUT2D eigenvalue weighted by molar-refractivity contribution is -0.133. The van der Waals surface area contributed by atoms with Gasteiger partial charge in [0.1, 0.15) is 5.75 Å². The van der Waals surface area contributed by atoms with Gasteiger partial charge >= 0.3 is 0 Å². The van der Waals surface area contributed by atoms with E-state index in [1.165, 1.54) is 4.90 Å². The summed E-state index contributed by atoms with van der Waals surface area (Å²) in [6, 6.07) is 8.96. The maximum atomic E-state index is 11.7. The molecular weight excluding hydrogens is 258 g/mol. The molecule has 1 atom stereocenters. The molecule has 0 aromatic heterocycles. The van der Waals surface area contributed by atoms with Crippen LogP contribution in [0.5, 0.6) is 5.75 Å². The van der Waals surface area contributed by atoms with Gasteiger partial charge in [-0.15, -0.1) is 0 Å². The molecule has 0 radical (unpaired) electrons. The Balaban J connectivity index is 2.28. The topological polar surface area (TPSA) is 84.7 Å². The number of nitrogens with zero attached hydrogens (tertiary/aromatic N) is 1. The van der Waals surface area contributed by atoms with Gasteiger partial charge in [0.15, 0.2) is 6.61 Å². The summed E-state index contributed by atoms with van der Waals surface area (Å²) >= 11 is 0. The molecule has 0 saturated carbocycles. The molecule has 1 aromatic rings. The normalized spacial score (nSPS) is 11.6. The summed E-state index contributed by atoms with van der Waals surface area (Å²) < 4.78 is 5.27. The van der Waals surface area contributed by atoms with Crippen LogP contribution in [-0.4, -0.2) is 49.5 Å². The second-order valence-electron chi connectivity index (χ2n) is 4.47. The Bertz CT molecular complexity index is 437. The first-order valence-corrected chi connectivity index (χ1v) is 6.45. The number of likely N-dealkylation sites (N-methyl/N-ethyl adjacent to an activating group) is 1. The molecule has 6 nitrogen and oxygen atoms in total. The maximum absolute atomic E-state index is 11.7. The van der Waals surface area contributed by atoms with Gasteiger partial charge in [0, 0.05) is 19.6 Å². The fourth-order valence-electron chi connectivity index (χ4n) is 1.42. The van der Waals surface area contributed by atoms with Gasteiger partial charge in [-0.3, -0.25) is 9.59 Å². The van der Waals surface area contributed by atoms with E-state index in [-0.39, 0.29) is 31.0 Å². The number of nitrogens with two attached hydrogens (primary N) is 1. The lowest BCUT2D eigenvalue weighted by atomic mass is 10.3. The molecule has 3 N–H and O–H groups in total. The Morgan fingerprint density at radius 2 is 2.00 bits per heavy atom. The van der Waals surface area contributed by atoms with Crippen molar-refractivity contribution in [3.05, 3.63) is 30.3 Å². The molecule has 0 heterocycles. The Labute approximate surface area is 118 Å². The van der Waals surface area contributed by atoms with Crippen LogP contribution in [0.3, 0.4) is 0 Å². The van der Waals surface area contributed by atoms with Gasteiger partial charge < -0.3 is 20.7 Å². The van der Waals surface area contributed by atoms with Crippen LogP contribution >= 0.6 is 0 Å². The van der Waals surface area contributed by atoms with E-state index >= 15 is 0 Å². The Hall–Kier alpha value is -2.08. The highest BCUT2D eigenvalue weighted by molar-refractivity contribution is 5.85. The number of ether oxygens (including phenoxy) is 1. The molecule has 6 heteroatoms. The fourth-order valence-corrected chi connectivity index (χ4v) is 1.42. The first-order chi connectivity index (χ1) is 9.54. The maximum Gasteiger partial charge on any atom is 0.258 e. The summed E-state index contributed by atoms with van der Waals surface area (Å²) in [5, 5.41) is 2.52. The van der Waals surface area contributed by atoms with Crippen molar-refractivity contribution in [3.8, 4) is 5.75 Å². The first kappa shape index (κ1) is 16.0. The largest absolute Gasteiger partial charge is 0.484 e. The molecule has 0 fully saturated rings. The van der Waals surface area contributed by atoms with Crippen LogP contribution in [0.15, 0.2) is 30.3 Å². The number of benzene rings is 1. The van der Waals surface area contributed by atoms with Gasteiger partial charge in [-0.1, -0.05) is 18.2 Å². The van der Waals surface area contributed by atoms with Crippen molar-refractivity contribution in [2.24, 2.45) is 5.73 Å². The zero-order chi connectivity index (χ0) is 15.0. The van der Waals surface area contributed by atoms with E-state index in [1.807, 2.05) is 25.1 Å². The van der Waals surface area contributed by atoms with E-state index < -0.39 is 0 Å². The van der Waals surface area contributed by atoms with Crippen molar-refractivity contribution in [1.82, 2.24) is 10.2 Å². The summed E-state index contributed by atoms with van der Waals surface area (Å²) in [5.74, 6) is 0.0925. The minimum Gasteiger partial charge on any atom is -0.484 e. The standard InChI is InChI=1S/C14H21N3O3/c1-11(8-15)17(2)14(19)9-16-13(18)10-20-12-6-4-3-5-7-12/h3-7,11H,8-10,15H2,1-2H3,(H,16,18). The van der Waals surface area contributed by atoms with Crippen molar-refractivity contribution in [2.45, 2.75) is 13.0 Å². The van der Waals surface area contributed by atoms with Crippen LogP contribution in [0.25, 0.3) is 0 Å². The molecule has 0 aliphatic heterocycles. The Morgan fingerprint density at radius 3 is 2.60 bits per heavy atom. The van der Waals surface area contributed by atoms with Crippen LogP contribution in [0.2, 0.25) is 0 Å². The highest BCUT2D eigenvalue weighted by Gasteiger charge is 2.15. The second kappa shape index (κ2) is 8.16. The molecule has 0 spiro atoms. The second-order valence-corrected chi connectivity index (χ2v) is 4.47. The minimum atomic E-state index is -0.337. The molecule has 1 unspecified atom stereocenters. The van der Waals surface area contributed by atoms with Gasteiger partial charge in [-0.2, -0.15) is 0 Å². The van der Waals surface area contributed by atoms with E-state index in [1.54, 1.807) is 19.2 Å². The van der Waals surface area contributed by atoms with Gasteiger partial charge in [-0.25, -0.2) is 0 Å². The van der Waals surface area contributed by atoms with E-state index in [0.29, 0.717) is 12.3 Å². The molecule has 0 saturated heterocycles. The number of rotatable bonds is 7. The SMILES string of the molecule is CC(CN)N(C)C(=O)CNC(=O)COc1ccccc1. The zero-order valence-electron chi connectivity index (χ0n) is 11.8. The molecule has 2 amide bonds. The third-order valence-corrected chi connectivity index (χ3v) is 2.95. The van der Waals surface area contributed by atoms with E-state index in [4.69, 9.17) is 10.5 Å². The Morgan fingerprint density at radius 1 is 1.35 bits per heavy atom. The van der Waals surface area contributed by atoms with Crippen LogP contribution in [0.4, 0.5) is 0 Å². The number of nitrogens with one attached hydrogen (secondary N) is 1. The molecule has 20 heavy (non-hydrogen) atoms. The van der Waals surface area contributed by atoms with Gasteiger partial charge in [0.25, 0.3) is 5.91 Å². The monoisotopic (exact) mass is 279 g/mol. The van der Waals surface area contributed by atoms with Crippen molar-refractivity contribution < 1.29 is 14.3 Å². The van der Waals surface area contributed by atoms with Gasteiger partial charge in [0.05, 0.1) is 6.54 Å². The number of hydrogen-bond acceptors (Lipinski definition) is 4. The number of carbonyl (C=O) groups is 2. The number of hydrogen-bond donors (Lipinski definition) is 2. The van der Waals surface area contributed by atoms with Crippen LogP contribution in [0, 0.1) is 0 Å². The highest BCUT2D eigenvalue weighted by atomic mass is 16.5. The summed E-state index contributed by atoms with van der Waals surface area (Å²) in [4.78, 5) is 24.8. The lowest BCUT2D eigenvalue weighted by Gasteiger charge is -2.23. The average molecular weight is 279 g/mol. The van der Waals surface area contributed by atoms with Crippen molar-refractivity contribution in [2.75, 3.05) is 26.7 Å². The number of para-hydroxylation sites is 1. The highest BCUT2D eigenvalue weighted by Crippen LogP contribution is 2.07. The molecule has 1 aromatic carbocycles. The van der Waals surface area contributed by atoms with E-state index in [9.17, 15) is 9.59 Å². The smallest absolute Gasteiger partial charge is 0.258 e. The number of carbonyl (C=O) groups excluding carboxylic acids is 2. The summed E-state index contributed by atoms with van der Waals surface area (Å²) in [7, 11) is 1.66. The quantitative estimate of drug-likeness (QED) is 0.735. The van der Waals surface area contributed by atoms with Crippen LogP contribution in [0.1, 0.15) is 6.92 Å². The molecule has 0 bridgehead atoms. The first-order valence-electron chi connectivity index (χ1n) is 6.45. The molecule has 1 rings (SSSR count). The fraction of sp³-hybridized carbons (Fsp3) is 0.429. The summed E-state index contributed by atoms with van der Waals surface area (Å²) in [6.45, 7) is 2.05. The van der Waals surface area contributed by atoms with Gasteiger partial charge in [-0.05, 0) is 19.1 Å². The predicted molar refractivity (Wildman–Crippen MR) is 76.2 cm³/mol. The van der Waals surface area contributed by atoms with Gasteiger partial charge in [0.2, 0.25) is 5.91 Å². The van der Waals surface area contributed by atoms with Crippen molar-refractivity contribution in [1.29, 1.82) is 0 Å². The third kappa shape index (κ3) is 5.27. The number of amides is 2. The Kier molecular flexibility index (Phi) is 6.52. The zero-order valence-corrected chi connectivity index (χ0v) is 11.8. The van der Waals surface area contributed by atoms with Crippen molar-refractivity contribution in [3.63, 3.8) is 0 Å². The average Bonchev–Trinajstić information content (AvgIpc) is 2.49. The van der Waals surface area contributed by atoms with E-state index in [0.717, 1.165) is 0 Å². The molecule has 110 valence electrons. The lowest BCUT2D eigenvalue weighted by Crippen LogP contribution is -2.45. The minimum absolute atomic E-state index is 0.0556. The van der Waals surface area contributed by atoms with E-state index in [2.05, 4.69) is 5.32 Å².